The van der Waals surface area contributed by atoms with Crippen molar-refractivity contribution in [3.8, 4) is 0 Å². The Bertz CT molecular complexity index is 265. The predicted octanol–water partition coefficient (Wildman–Crippen LogP) is 0.438. The Morgan fingerprint density at radius 3 is 2.92 bits per heavy atom. The largest absolute Gasteiger partial charge is 0.394 e. The van der Waals surface area contributed by atoms with E-state index in [-0.39, 0.29) is 12.6 Å². The number of nitrogens with zero attached hydrogens (tertiary/aromatic N) is 3. The summed E-state index contributed by atoms with van der Waals surface area (Å²) in [6.07, 6.45) is 5.61. The van der Waals surface area contributed by atoms with Gasteiger partial charge in [0.2, 0.25) is 5.95 Å². The lowest BCUT2D eigenvalue weighted by atomic mass is 10.2. The molecule has 1 N–H and O–H groups in total. The lowest BCUT2D eigenvalue weighted by Gasteiger charge is -2.22. The quantitative estimate of drug-likeness (QED) is 0.715. The third-order valence-corrected chi connectivity index (χ3v) is 2.40. The zero-order chi connectivity index (χ0) is 9.10. The summed E-state index contributed by atoms with van der Waals surface area (Å²) in [7, 11) is 0. The van der Waals surface area contributed by atoms with Gasteiger partial charge in [-0.3, -0.25) is 0 Å². The highest BCUT2D eigenvalue weighted by Gasteiger charge is 2.25. The first kappa shape index (κ1) is 8.44. The molecule has 1 aliphatic rings. The van der Waals surface area contributed by atoms with E-state index < -0.39 is 0 Å². The van der Waals surface area contributed by atoms with Crippen molar-refractivity contribution in [3.63, 3.8) is 0 Å². The third-order valence-electron chi connectivity index (χ3n) is 2.40. The van der Waals surface area contributed by atoms with Crippen molar-refractivity contribution in [1.29, 1.82) is 0 Å². The van der Waals surface area contributed by atoms with Crippen LogP contribution in [0, 0.1) is 0 Å². The van der Waals surface area contributed by atoms with E-state index in [1.165, 1.54) is 0 Å². The van der Waals surface area contributed by atoms with Crippen molar-refractivity contribution >= 4 is 5.95 Å². The van der Waals surface area contributed by atoms with Crippen molar-refractivity contribution in [2.45, 2.75) is 18.9 Å². The highest BCUT2D eigenvalue weighted by molar-refractivity contribution is 5.32. The first-order valence-corrected chi connectivity index (χ1v) is 4.56. The van der Waals surface area contributed by atoms with Crippen molar-refractivity contribution in [1.82, 2.24) is 9.97 Å². The van der Waals surface area contributed by atoms with Crippen LogP contribution in [-0.4, -0.2) is 34.3 Å². The van der Waals surface area contributed by atoms with Gasteiger partial charge in [0.15, 0.2) is 0 Å². The van der Waals surface area contributed by atoms with E-state index >= 15 is 0 Å². The van der Waals surface area contributed by atoms with E-state index in [1.807, 2.05) is 0 Å². The standard InChI is InChI=1S/C9H13N3O/c13-7-8-3-1-6-12(8)9-10-4-2-5-11-9/h2,4-5,8,13H,1,3,6-7H2/t8-/m0/s1. The van der Waals surface area contributed by atoms with Crippen LogP contribution in [0.25, 0.3) is 0 Å². The molecule has 0 spiro atoms. The van der Waals surface area contributed by atoms with Crippen LogP contribution in [0.5, 0.6) is 0 Å². The van der Waals surface area contributed by atoms with Crippen molar-refractivity contribution in [3.05, 3.63) is 18.5 Å². The molecular weight excluding hydrogens is 166 g/mol. The highest BCUT2D eigenvalue weighted by atomic mass is 16.3. The summed E-state index contributed by atoms with van der Waals surface area (Å²) >= 11 is 0. The molecule has 70 valence electrons. The zero-order valence-corrected chi connectivity index (χ0v) is 7.43. The Hall–Kier alpha value is -1.16. The predicted molar refractivity (Wildman–Crippen MR) is 49.5 cm³/mol. The normalized spacial score (nSPS) is 22.2. The van der Waals surface area contributed by atoms with Crippen LogP contribution in [0.4, 0.5) is 5.95 Å². The molecule has 4 heteroatoms. The minimum absolute atomic E-state index is 0.193. The molecular formula is C9H13N3O. The highest BCUT2D eigenvalue weighted by Crippen LogP contribution is 2.20. The van der Waals surface area contributed by atoms with Crippen molar-refractivity contribution in [2.75, 3.05) is 18.1 Å². The summed E-state index contributed by atoms with van der Waals surface area (Å²) in [5, 5.41) is 9.10. The van der Waals surface area contributed by atoms with Gasteiger partial charge >= 0.3 is 0 Å². The third kappa shape index (κ3) is 1.62. The zero-order valence-electron chi connectivity index (χ0n) is 7.43. The molecule has 1 aromatic rings. The summed E-state index contributed by atoms with van der Waals surface area (Å²) in [4.78, 5) is 10.4. The molecule has 1 atom stereocenters. The van der Waals surface area contributed by atoms with Crippen LogP contribution < -0.4 is 4.90 Å². The van der Waals surface area contributed by atoms with Gasteiger partial charge in [0.05, 0.1) is 12.6 Å². The number of anilines is 1. The fourth-order valence-electron chi connectivity index (χ4n) is 1.73. The van der Waals surface area contributed by atoms with Crippen LogP contribution in [0.1, 0.15) is 12.8 Å². The number of aliphatic hydroxyl groups is 1. The molecule has 0 aliphatic carbocycles. The number of rotatable bonds is 2. The molecule has 0 radical (unpaired) electrons. The van der Waals surface area contributed by atoms with E-state index in [9.17, 15) is 0 Å². The van der Waals surface area contributed by atoms with Gasteiger partial charge in [-0.1, -0.05) is 0 Å². The van der Waals surface area contributed by atoms with Crippen molar-refractivity contribution < 1.29 is 5.11 Å². The summed E-state index contributed by atoms with van der Waals surface area (Å²) in [6, 6.07) is 2.01. The Kier molecular flexibility index (Phi) is 2.40. The number of hydrogen-bond donors (Lipinski definition) is 1. The number of aromatic nitrogens is 2. The van der Waals surface area contributed by atoms with Gasteiger partial charge in [-0.25, -0.2) is 9.97 Å². The lowest BCUT2D eigenvalue weighted by Crippen LogP contribution is -2.33. The molecule has 1 aromatic heterocycles. The fraction of sp³-hybridized carbons (Fsp3) is 0.556. The molecule has 1 fully saturated rings. The SMILES string of the molecule is OC[C@@H]1CCCN1c1ncccn1. The smallest absolute Gasteiger partial charge is 0.225 e. The molecule has 0 bridgehead atoms. The lowest BCUT2D eigenvalue weighted by molar-refractivity contribution is 0.265. The molecule has 2 heterocycles. The fourth-order valence-corrected chi connectivity index (χ4v) is 1.73. The first-order valence-electron chi connectivity index (χ1n) is 4.56. The Balaban J connectivity index is 2.16. The molecule has 1 aliphatic heterocycles. The summed E-state index contributed by atoms with van der Waals surface area (Å²) in [6.45, 7) is 1.15. The van der Waals surface area contributed by atoms with Crippen LogP contribution >= 0.6 is 0 Å². The molecule has 0 unspecified atom stereocenters. The molecule has 0 saturated carbocycles. The first-order chi connectivity index (χ1) is 6.42. The second kappa shape index (κ2) is 3.70. The summed E-state index contributed by atoms with van der Waals surface area (Å²) in [5.41, 5.74) is 0. The van der Waals surface area contributed by atoms with Crippen LogP contribution in [0.15, 0.2) is 18.5 Å². The molecule has 0 amide bonds. The second-order valence-corrected chi connectivity index (χ2v) is 3.22. The van der Waals surface area contributed by atoms with E-state index in [0.717, 1.165) is 25.3 Å². The topological polar surface area (TPSA) is 49.2 Å². The summed E-state index contributed by atoms with van der Waals surface area (Å²) < 4.78 is 0. The molecule has 13 heavy (non-hydrogen) atoms. The van der Waals surface area contributed by atoms with Gasteiger partial charge in [-0.2, -0.15) is 0 Å². The average Bonchev–Trinajstić information content (AvgIpc) is 2.67. The average molecular weight is 179 g/mol. The minimum atomic E-state index is 0.193. The number of hydrogen-bond acceptors (Lipinski definition) is 4. The van der Waals surface area contributed by atoms with E-state index in [2.05, 4.69) is 14.9 Å². The van der Waals surface area contributed by atoms with Crippen LogP contribution in [0.2, 0.25) is 0 Å². The maximum Gasteiger partial charge on any atom is 0.225 e. The second-order valence-electron chi connectivity index (χ2n) is 3.22. The van der Waals surface area contributed by atoms with Crippen LogP contribution in [0.3, 0.4) is 0 Å². The van der Waals surface area contributed by atoms with Gasteiger partial charge in [-0.05, 0) is 18.9 Å². The van der Waals surface area contributed by atoms with Gasteiger partial charge < -0.3 is 10.0 Å². The van der Waals surface area contributed by atoms with Gasteiger partial charge in [0, 0.05) is 18.9 Å². The maximum absolute atomic E-state index is 9.10. The monoisotopic (exact) mass is 179 g/mol. The van der Waals surface area contributed by atoms with Gasteiger partial charge in [0.25, 0.3) is 0 Å². The van der Waals surface area contributed by atoms with Crippen molar-refractivity contribution in [2.24, 2.45) is 0 Å². The van der Waals surface area contributed by atoms with E-state index in [0.29, 0.717) is 0 Å². The molecule has 1 saturated heterocycles. The Labute approximate surface area is 77.2 Å². The van der Waals surface area contributed by atoms with E-state index in [1.54, 1.807) is 18.5 Å². The molecule has 0 aromatic carbocycles. The summed E-state index contributed by atoms with van der Waals surface area (Å²) in [5.74, 6) is 0.735. The van der Waals surface area contributed by atoms with E-state index in [4.69, 9.17) is 5.11 Å². The van der Waals surface area contributed by atoms with Gasteiger partial charge in [0.1, 0.15) is 0 Å². The van der Waals surface area contributed by atoms with Gasteiger partial charge in [-0.15, -0.1) is 0 Å². The Morgan fingerprint density at radius 2 is 2.23 bits per heavy atom. The van der Waals surface area contributed by atoms with Crippen LogP contribution in [-0.2, 0) is 0 Å². The number of aliphatic hydroxyl groups excluding tert-OH is 1. The molecule has 4 nitrogen and oxygen atoms in total. The minimum Gasteiger partial charge on any atom is -0.394 e. The Morgan fingerprint density at radius 1 is 1.46 bits per heavy atom. The molecule has 2 rings (SSSR count). The maximum atomic E-state index is 9.10.